The molecule has 1 fully saturated rings. The van der Waals surface area contributed by atoms with Gasteiger partial charge in [-0.25, -0.2) is 0 Å². The lowest BCUT2D eigenvalue weighted by molar-refractivity contribution is -0.136. The van der Waals surface area contributed by atoms with E-state index in [-0.39, 0.29) is 0 Å². The van der Waals surface area contributed by atoms with Crippen molar-refractivity contribution in [3.05, 3.63) is 0 Å². The Labute approximate surface area is 106 Å². The summed E-state index contributed by atoms with van der Waals surface area (Å²) in [6.07, 6.45) is 6.35. The minimum atomic E-state index is 0.320. The van der Waals surface area contributed by atoms with E-state index < -0.39 is 0 Å². The van der Waals surface area contributed by atoms with Crippen LogP contribution >= 0.6 is 0 Å². The third-order valence-electron chi connectivity index (χ3n) is 3.48. The molecule has 0 N–H and O–H groups in total. The minimum absolute atomic E-state index is 0.320. The van der Waals surface area contributed by atoms with Gasteiger partial charge in [-0.3, -0.25) is 4.79 Å². The molecule has 3 heteroatoms. The zero-order valence-electron chi connectivity index (χ0n) is 11.6. The van der Waals surface area contributed by atoms with Gasteiger partial charge in [0.05, 0.1) is 12.6 Å². The zero-order valence-corrected chi connectivity index (χ0v) is 11.6. The van der Waals surface area contributed by atoms with Crippen LogP contribution in [0.5, 0.6) is 0 Å². The van der Waals surface area contributed by atoms with Crippen LogP contribution in [0.4, 0.5) is 0 Å². The Morgan fingerprint density at radius 3 is 2.82 bits per heavy atom. The number of carbonyl (C=O) groups is 1. The van der Waals surface area contributed by atoms with Gasteiger partial charge in [-0.1, -0.05) is 20.3 Å². The summed E-state index contributed by atoms with van der Waals surface area (Å²) in [5.41, 5.74) is 0. The number of nitrogens with zero attached hydrogens (tertiary/aromatic N) is 1. The Hall–Kier alpha value is -0.570. The number of hydrogen-bond acceptors (Lipinski definition) is 2. The average Bonchev–Trinajstić information content (AvgIpc) is 2.29. The van der Waals surface area contributed by atoms with Crippen molar-refractivity contribution in [2.24, 2.45) is 5.92 Å². The molecule has 0 saturated carbocycles. The predicted octanol–water partition coefficient (Wildman–Crippen LogP) is 2.84. The molecule has 1 aliphatic rings. The molecule has 1 heterocycles. The molecule has 1 amide bonds. The van der Waals surface area contributed by atoms with Crippen molar-refractivity contribution >= 4 is 5.91 Å². The van der Waals surface area contributed by atoms with E-state index in [1.807, 2.05) is 4.90 Å². The second-order valence-electron chi connectivity index (χ2n) is 5.48. The summed E-state index contributed by atoms with van der Waals surface area (Å²) >= 11 is 0. The van der Waals surface area contributed by atoms with E-state index in [9.17, 15) is 4.79 Å². The minimum Gasteiger partial charge on any atom is -0.383 e. The van der Waals surface area contributed by atoms with Gasteiger partial charge >= 0.3 is 0 Å². The number of piperidine rings is 1. The fraction of sp³-hybridized carbons (Fsp3) is 0.929. The first-order valence-corrected chi connectivity index (χ1v) is 6.93. The smallest absolute Gasteiger partial charge is 0.222 e. The maximum Gasteiger partial charge on any atom is 0.222 e. The van der Waals surface area contributed by atoms with Crippen LogP contribution in [-0.2, 0) is 9.53 Å². The topological polar surface area (TPSA) is 29.5 Å². The Morgan fingerprint density at radius 2 is 2.18 bits per heavy atom. The molecule has 1 rings (SSSR count). The van der Waals surface area contributed by atoms with Crippen LogP contribution in [0.3, 0.4) is 0 Å². The molecule has 1 atom stereocenters. The number of hydrogen-bond donors (Lipinski definition) is 0. The lowest BCUT2D eigenvalue weighted by atomic mass is 10.0. The van der Waals surface area contributed by atoms with E-state index >= 15 is 0 Å². The molecule has 17 heavy (non-hydrogen) atoms. The van der Waals surface area contributed by atoms with Crippen molar-refractivity contribution in [3.8, 4) is 0 Å². The maximum absolute atomic E-state index is 12.1. The van der Waals surface area contributed by atoms with Crippen molar-refractivity contribution in [1.29, 1.82) is 0 Å². The summed E-state index contributed by atoms with van der Waals surface area (Å²) in [4.78, 5) is 14.2. The molecule has 0 spiro atoms. The normalized spacial score (nSPS) is 20.9. The van der Waals surface area contributed by atoms with Crippen LogP contribution in [-0.4, -0.2) is 37.1 Å². The van der Waals surface area contributed by atoms with Gasteiger partial charge in [-0.2, -0.15) is 0 Å². The first kappa shape index (κ1) is 14.5. The molecule has 3 nitrogen and oxygen atoms in total. The Kier molecular flexibility index (Phi) is 6.56. The van der Waals surface area contributed by atoms with E-state index in [2.05, 4.69) is 13.8 Å². The average molecular weight is 241 g/mol. The molecular weight excluding hydrogens is 214 g/mol. The molecule has 0 aliphatic carbocycles. The van der Waals surface area contributed by atoms with E-state index in [1.54, 1.807) is 7.11 Å². The van der Waals surface area contributed by atoms with Crippen LogP contribution in [0.1, 0.15) is 52.4 Å². The van der Waals surface area contributed by atoms with Crippen molar-refractivity contribution < 1.29 is 9.53 Å². The van der Waals surface area contributed by atoms with Gasteiger partial charge in [0, 0.05) is 20.1 Å². The first-order chi connectivity index (χ1) is 8.15. The van der Waals surface area contributed by atoms with Crippen molar-refractivity contribution in [3.63, 3.8) is 0 Å². The third-order valence-corrected chi connectivity index (χ3v) is 3.48. The molecule has 1 saturated heterocycles. The van der Waals surface area contributed by atoms with Crippen molar-refractivity contribution in [1.82, 2.24) is 4.90 Å². The predicted molar refractivity (Wildman–Crippen MR) is 69.9 cm³/mol. The SMILES string of the molecule is COCC1CCCCN1C(=O)CCCC(C)C. The lowest BCUT2D eigenvalue weighted by Gasteiger charge is -2.35. The number of ether oxygens (including phenoxy) is 1. The van der Waals surface area contributed by atoms with Gasteiger partial charge in [-0.05, 0) is 31.6 Å². The largest absolute Gasteiger partial charge is 0.383 e. The molecule has 1 unspecified atom stereocenters. The molecule has 0 radical (unpaired) electrons. The number of carbonyl (C=O) groups excluding carboxylic acids is 1. The molecule has 0 bridgehead atoms. The quantitative estimate of drug-likeness (QED) is 0.715. The molecule has 1 aliphatic heterocycles. The van der Waals surface area contributed by atoms with E-state index in [0.29, 0.717) is 30.9 Å². The Bertz CT molecular complexity index is 226. The molecular formula is C14H27NO2. The summed E-state index contributed by atoms with van der Waals surface area (Å²) < 4.78 is 5.21. The van der Waals surface area contributed by atoms with Gasteiger partial charge in [0.15, 0.2) is 0 Å². The highest BCUT2D eigenvalue weighted by Gasteiger charge is 2.25. The molecule has 0 aromatic rings. The van der Waals surface area contributed by atoms with Crippen LogP contribution in [0.2, 0.25) is 0 Å². The number of likely N-dealkylation sites (tertiary alicyclic amines) is 1. The summed E-state index contributed by atoms with van der Waals surface area (Å²) in [6.45, 7) is 6.03. The molecule has 100 valence electrons. The van der Waals surface area contributed by atoms with Crippen LogP contribution in [0, 0.1) is 5.92 Å². The first-order valence-electron chi connectivity index (χ1n) is 6.93. The fourth-order valence-electron chi connectivity index (χ4n) is 2.50. The van der Waals surface area contributed by atoms with Gasteiger partial charge < -0.3 is 9.64 Å². The highest BCUT2D eigenvalue weighted by Crippen LogP contribution is 2.19. The standard InChI is InChI=1S/C14H27NO2/c1-12(2)7-6-9-14(16)15-10-5-4-8-13(15)11-17-3/h12-13H,4-11H2,1-3H3. The second-order valence-corrected chi connectivity index (χ2v) is 5.48. The van der Waals surface area contributed by atoms with Crippen molar-refractivity contribution in [2.45, 2.75) is 58.4 Å². The van der Waals surface area contributed by atoms with Crippen molar-refractivity contribution in [2.75, 3.05) is 20.3 Å². The number of methoxy groups -OCH3 is 1. The summed E-state index contributed by atoms with van der Waals surface area (Å²) in [5, 5.41) is 0. The summed E-state index contributed by atoms with van der Waals surface area (Å²) in [6, 6.07) is 0.320. The van der Waals surface area contributed by atoms with Gasteiger partial charge in [0.2, 0.25) is 5.91 Å². The maximum atomic E-state index is 12.1. The highest BCUT2D eigenvalue weighted by molar-refractivity contribution is 5.76. The summed E-state index contributed by atoms with van der Waals surface area (Å²) in [7, 11) is 1.72. The summed E-state index contributed by atoms with van der Waals surface area (Å²) in [5.74, 6) is 1.02. The van der Waals surface area contributed by atoms with Gasteiger partial charge in [0.25, 0.3) is 0 Å². The van der Waals surface area contributed by atoms with Gasteiger partial charge in [-0.15, -0.1) is 0 Å². The second kappa shape index (κ2) is 7.70. The number of rotatable bonds is 6. The van der Waals surface area contributed by atoms with E-state index in [1.165, 1.54) is 6.42 Å². The Morgan fingerprint density at radius 1 is 1.41 bits per heavy atom. The monoisotopic (exact) mass is 241 g/mol. The molecule has 0 aromatic heterocycles. The van der Waals surface area contributed by atoms with E-state index in [0.717, 1.165) is 32.2 Å². The zero-order chi connectivity index (χ0) is 12.7. The van der Waals surface area contributed by atoms with Crippen LogP contribution in [0.15, 0.2) is 0 Å². The highest BCUT2D eigenvalue weighted by atomic mass is 16.5. The fourth-order valence-corrected chi connectivity index (χ4v) is 2.50. The third kappa shape index (κ3) is 5.07. The van der Waals surface area contributed by atoms with Crippen LogP contribution in [0.25, 0.3) is 0 Å². The lowest BCUT2D eigenvalue weighted by Crippen LogP contribution is -2.45. The molecule has 0 aromatic carbocycles. The number of amides is 1. The Balaban J connectivity index is 2.36. The van der Waals surface area contributed by atoms with E-state index in [4.69, 9.17) is 4.74 Å². The van der Waals surface area contributed by atoms with Gasteiger partial charge in [0.1, 0.15) is 0 Å². The van der Waals surface area contributed by atoms with Crippen LogP contribution < -0.4 is 0 Å².